The van der Waals surface area contributed by atoms with Gasteiger partial charge < -0.3 is 15.2 Å². The molecule has 3 nitrogen and oxygen atoms in total. The monoisotopic (exact) mass is 285 g/mol. The molecule has 0 amide bonds. The first-order chi connectivity index (χ1) is 10.2. The van der Waals surface area contributed by atoms with Crippen molar-refractivity contribution in [2.75, 3.05) is 13.2 Å². The first-order valence-corrected chi connectivity index (χ1v) is 7.39. The fraction of sp³-hybridized carbons (Fsp3) is 0.333. The molecule has 0 fully saturated rings. The maximum atomic E-state index is 9.61. The molecule has 0 spiro atoms. The Morgan fingerprint density at radius 1 is 1.00 bits per heavy atom. The van der Waals surface area contributed by atoms with Crippen LogP contribution in [0, 0.1) is 0 Å². The lowest BCUT2D eigenvalue weighted by Gasteiger charge is -2.22. The van der Waals surface area contributed by atoms with Crippen LogP contribution in [0.3, 0.4) is 0 Å². The predicted molar refractivity (Wildman–Crippen MR) is 85.4 cm³/mol. The van der Waals surface area contributed by atoms with Crippen LogP contribution in [-0.2, 0) is 0 Å². The Labute approximate surface area is 126 Å². The van der Waals surface area contributed by atoms with Crippen molar-refractivity contribution < 1.29 is 9.84 Å². The lowest BCUT2D eigenvalue weighted by molar-refractivity contribution is 0.235. The highest BCUT2D eigenvalue weighted by Crippen LogP contribution is 2.21. The van der Waals surface area contributed by atoms with Crippen molar-refractivity contribution in [3.8, 4) is 5.75 Å². The van der Waals surface area contributed by atoms with Crippen LogP contribution in [0.4, 0.5) is 0 Å². The Hall–Kier alpha value is -1.84. The minimum Gasteiger partial charge on any atom is -0.494 e. The highest BCUT2D eigenvalue weighted by molar-refractivity contribution is 5.29. The second-order valence-electron chi connectivity index (χ2n) is 5.04. The summed E-state index contributed by atoms with van der Waals surface area (Å²) >= 11 is 0. The summed E-state index contributed by atoms with van der Waals surface area (Å²) in [6.07, 6.45) is 0. The van der Waals surface area contributed by atoms with Crippen LogP contribution in [0.15, 0.2) is 54.6 Å². The van der Waals surface area contributed by atoms with Crippen LogP contribution in [0.2, 0.25) is 0 Å². The molecule has 2 unspecified atom stereocenters. The molecule has 0 saturated carbocycles. The average Bonchev–Trinajstić information content (AvgIpc) is 2.54. The second kappa shape index (κ2) is 7.81. The van der Waals surface area contributed by atoms with Gasteiger partial charge in [-0.2, -0.15) is 0 Å². The Morgan fingerprint density at radius 3 is 2.24 bits per heavy atom. The van der Waals surface area contributed by atoms with Gasteiger partial charge in [-0.25, -0.2) is 0 Å². The van der Waals surface area contributed by atoms with Crippen LogP contribution in [0.1, 0.15) is 37.1 Å². The molecule has 21 heavy (non-hydrogen) atoms. The average molecular weight is 285 g/mol. The zero-order chi connectivity index (χ0) is 15.1. The van der Waals surface area contributed by atoms with Crippen molar-refractivity contribution in [2.45, 2.75) is 25.9 Å². The Kier molecular flexibility index (Phi) is 5.78. The van der Waals surface area contributed by atoms with Gasteiger partial charge in [0, 0.05) is 6.04 Å². The van der Waals surface area contributed by atoms with Gasteiger partial charge in [-0.05, 0) is 37.1 Å². The summed E-state index contributed by atoms with van der Waals surface area (Å²) in [5, 5.41) is 13.1. The number of aliphatic hydroxyl groups is 1. The van der Waals surface area contributed by atoms with Gasteiger partial charge in [0.05, 0.1) is 19.3 Å². The SMILES string of the molecule is CCOc1ccc(C(C)NC(CO)c2ccccc2)cc1. The van der Waals surface area contributed by atoms with Crippen molar-refractivity contribution in [1.82, 2.24) is 5.32 Å². The molecule has 2 rings (SSSR count). The normalized spacial score (nSPS) is 13.7. The van der Waals surface area contributed by atoms with Gasteiger partial charge in [-0.1, -0.05) is 42.5 Å². The van der Waals surface area contributed by atoms with Crippen LogP contribution in [0.25, 0.3) is 0 Å². The largest absolute Gasteiger partial charge is 0.494 e. The van der Waals surface area contributed by atoms with Gasteiger partial charge in [0.25, 0.3) is 0 Å². The molecular formula is C18H23NO2. The summed E-state index contributed by atoms with van der Waals surface area (Å²) in [6.45, 7) is 4.82. The van der Waals surface area contributed by atoms with E-state index in [1.54, 1.807) is 0 Å². The molecule has 0 radical (unpaired) electrons. The minimum atomic E-state index is -0.0623. The predicted octanol–water partition coefficient (Wildman–Crippen LogP) is 3.47. The van der Waals surface area contributed by atoms with E-state index in [0.717, 1.165) is 11.3 Å². The van der Waals surface area contributed by atoms with Crippen molar-refractivity contribution in [3.63, 3.8) is 0 Å². The van der Waals surface area contributed by atoms with Gasteiger partial charge in [-0.3, -0.25) is 0 Å². The summed E-state index contributed by atoms with van der Waals surface area (Å²) in [6, 6.07) is 18.2. The van der Waals surface area contributed by atoms with E-state index in [9.17, 15) is 5.11 Å². The van der Waals surface area contributed by atoms with Gasteiger partial charge in [0.2, 0.25) is 0 Å². The molecule has 0 aliphatic rings. The first kappa shape index (κ1) is 15.5. The van der Waals surface area contributed by atoms with Crippen molar-refractivity contribution in [2.24, 2.45) is 0 Å². The summed E-state index contributed by atoms with van der Waals surface area (Å²) in [5.41, 5.74) is 2.27. The number of hydrogen-bond acceptors (Lipinski definition) is 3. The van der Waals surface area contributed by atoms with Gasteiger partial charge >= 0.3 is 0 Å². The smallest absolute Gasteiger partial charge is 0.119 e. The maximum Gasteiger partial charge on any atom is 0.119 e. The van der Waals surface area contributed by atoms with Crippen molar-refractivity contribution >= 4 is 0 Å². The summed E-state index contributed by atoms with van der Waals surface area (Å²) < 4.78 is 5.45. The number of hydrogen-bond donors (Lipinski definition) is 2. The number of aliphatic hydroxyl groups excluding tert-OH is 1. The highest BCUT2D eigenvalue weighted by Gasteiger charge is 2.14. The van der Waals surface area contributed by atoms with Crippen LogP contribution < -0.4 is 10.1 Å². The molecule has 0 bridgehead atoms. The Balaban J connectivity index is 2.03. The molecule has 2 atom stereocenters. The molecule has 2 aromatic rings. The van der Waals surface area contributed by atoms with Crippen molar-refractivity contribution in [3.05, 3.63) is 65.7 Å². The van der Waals surface area contributed by atoms with E-state index in [-0.39, 0.29) is 18.7 Å². The molecule has 2 N–H and O–H groups in total. The third-order valence-corrected chi connectivity index (χ3v) is 3.53. The third-order valence-electron chi connectivity index (χ3n) is 3.53. The lowest BCUT2D eigenvalue weighted by atomic mass is 10.0. The van der Waals surface area contributed by atoms with E-state index in [0.29, 0.717) is 6.61 Å². The van der Waals surface area contributed by atoms with E-state index >= 15 is 0 Å². The molecule has 3 heteroatoms. The third kappa shape index (κ3) is 4.31. The minimum absolute atomic E-state index is 0.0623. The second-order valence-corrected chi connectivity index (χ2v) is 5.04. The molecule has 0 heterocycles. The van der Waals surface area contributed by atoms with Gasteiger partial charge in [-0.15, -0.1) is 0 Å². The van der Waals surface area contributed by atoms with E-state index in [2.05, 4.69) is 24.4 Å². The Morgan fingerprint density at radius 2 is 1.67 bits per heavy atom. The highest BCUT2D eigenvalue weighted by atomic mass is 16.5. The quantitative estimate of drug-likeness (QED) is 0.818. The number of nitrogens with one attached hydrogen (secondary N) is 1. The Bertz CT molecular complexity index is 525. The van der Waals surface area contributed by atoms with Crippen molar-refractivity contribution in [1.29, 1.82) is 0 Å². The van der Waals surface area contributed by atoms with Crippen LogP contribution >= 0.6 is 0 Å². The summed E-state index contributed by atoms with van der Waals surface area (Å²) in [7, 11) is 0. The number of ether oxygens (including phenoxy) is 1. The standard InChI is InChI=1S/C18H23NO2/c1-3-21-17-11-9-15(10-12-17)14(2)19-18(13-20)16-7-5-4-6-8-16/h4-12,14,18-20H,3,13H2,1-2H3. The van der Waals surface area contributed by atoms with Crippen LogP contribution in [-0.4, -0.2) is 18.3 Å². The molecular weight excluding hydrogens is 262 g/mol. The van der Waals surface area contributed by atoms with E-state index < -0.39 is 0 Å². The molecule has 2 aromatic carbocycles. The van der Waals surface area contributed by atoms with E-state index in [4.69, 9.17) is 4.74 Å². The van der Waals surface area contributed by atoms with E-state index in [1.165, 1.54) is 5.56 Å². The van der Waals surface area contributed by atoms with Gasteiger partial charge in [0.15, 0.2) is 0 Å². The molecule has 112 valence electrons. The fourth-order valence-corrected chi connectivity index (χ4v) is 2.36. The molecule has 0 aliphatic carbocycles. The molecule has 0 saturated heterocycles. The first-order valence-electron chi connectivity index (χ1n) is 7.39. The molecule has 0 aliphatic heterocycles. The lowest BCUT2D eigenvalue weighted by Crippen LogP contribution is -2.27. The van der Waals surface area contributed by atoms with Gasteiger partial charge in [0.1, 0.15) is 5.75 Å². The zero-order valence-electron chi connectivity index (χ0n) is 12.6. The number of benzene rings is 2. The zero-order valence-corrected chi connectivity index (χ0v) is 12.6. The fourth-order valence-electron chi connectivity index (χ4n) is 2.36. The summed E-state index contributed by atoms with van der Waals surface area (Å²) in [4.78, 5) is 0. The number of rotatable bonds is 7. The maximum absolute atomic E-state index is 9.61. The van der Waals surface area contributed by atoms with Crippen LogP contribution in [0.5, 0.6) is 5.75 Å². The molecule has 0 aromatic heterocycles. The van der Waals surface area contributed by atoms with E-state index in [1.807, 2.05) is 49.4 Å². The topological polar surface area (TPSA) is 41.5 Å². The summed E-state index contributed by atoms with van der Waals surface area (Å²) in [5.74, 6) is 0.884.